The lowest BCUT2D eigenvalue weighted by Crippen LogP contribution is -2.11. The minimum atomic E-state index is -1.42. The number of rotatable bonds is 0. The predicted octanol–water partition coefficient (Wildman–Crippen LogP) is 0.898. The molecule has 0 heterocycles. The van der Waals surface area contributed by atoms with E-state index in [1.54, 1.807) is 0 Å². The second kappa shape index (κ2) is 2.65. The lowest BCUT2D eigenvalue weighted by atomic mass is 10.3. The molecule has 0 saturated carbocycles. The van der Waals surface area contributed by atoms with Gasteiger partial charge in [0.1, 0.15) is 5.82 Å². The summed E-state index contributed by atoms with van der Waals surface area (Å²) < 4.78 is 36.7. The Morgan fingerprint density at radius 2 is 1.60 bits per heavy atom. The van der Waals surface area contributed by atoms with Crippen molar-refractivity contribution in [2.24, 2.45) is 0 Å². The molecule has 1 rings (SSSR count). The van der Waals surface area contributed by atoms with Gasteiger partial charge in [-0.15, -0.1) is 4.43 Å². The Kier molecular flexibility index (Phi) is 2.03. The zero-order valence-electron chi connectivity index (χ0n) is 4.87. The highest BCUT2D eigenvalue weighted by atomic mass is 27.0. The minimum Gasteiger partial charge on any atom is -0.205 e. The smallest absolute Gasteiger partial charge is 0.193 e. The Hall–Kier alpha value is -0.458. The van der Waals surface area contributed by atoms with Crippen LogP contribution in [0.2, 0.25) is 0 Å². The normalized spacial score (nSPS) is 9.90. The van der Waals surface area contributed by atoms with Crippen LogP contribution in [0.15, 0.2) is 12.1 Å². The molecule has 0 atom stereocenters. The molecular formula is C6H2AlF3. The third-order valence-electron chi connectivity index (χ3n) is 1.07. The molecule has 0 amide bonds. The van der Waals surface area contributed by atoms with Gasteiger partial charge in [0.25, 0.3) is 0 Å². The zero-order valence-corrected chi connectivity index (χ0v) is 6.02. The molecule has 0 bridgehead atoms. The summed E-state index contributed by atoms with van der Waals surface area (Å²) in [7, 11) is 0. The highest BCUT2D eigenvalue weighted by Crippen LogP contribution is 2.05. The summed E-state index contributed by atoms with van der Waals surface area (Å²) in [6, 6.07) is 2.03. The molecule has 0 spiro atoms. The van der Waals surface area contributed by atoms with Crippen LogP contribution in [0.3, 0.4) is 0 Å². The maximum atomic E-state index is 12.4. The van der Waals surface area contributed by atoms with Gasteiger partial charge in [-0.3, -0.25) is 0 Å². The number of benzene rings is 1. The summed E-state index contributed by atoms with van der Waals surface area (Å²) >= 11 is 1.96. The molecule has 1 aromatic carbocycles. The van der Waals surface area contributed by atoms with Gasteiger partial charge in [0.2, 0.25) is 0 Å². The van der Waals surface area contributed by atoms with Crippen molar-refractivity contribution in [2.75, 3.05) is 0 Å². The van der Waals surface area contributed by atoms with Crippen molar-refractivity contribution in [3.63, 3.8) is 0 Å². The van der Waals surface area contributed by atoms with Crippen molar-refractivity contribution in [3.05, 3.63) is 29.6 Å². The molecule has 0 saturated heterocycles. The van der Waals surface area contributed by atoms with Gasteiger partial charge in [-0.05, 0) is 6.07 Å². The summed E-state index contributed by atoms with van der Waals surface area (Å²) in [6.45, 7) is 0. The molecule has 0 aliphatic heterocycles. The summed E-state index contributed by atoms with van der Waals surface area (Å²) in [4.78, 5) is 0. The lowest BCUT2D eigenvalue weighted by molar-refractivity contribution is 0.451. The van der Waals surface area contributed by atoms with Crippen LogP contribution in [-0.4, -0.2) is 16.3 Å². The fraction of sp³-hybridized carbons (Fsp3) is 0. The summed E-state index contributed by atoms with van der Waals surface area (Å²) in [6.07, 6.45) is 0. The molecule has 0 aliphatic carbocycles. The van der Waals surface area contributed by atoms with E-state index in [4.69, 9.17) is 0 Å². The SMILES string of the molecule is Fc1cc[c]([Al])c(F)c1F. The molecule has 0 unspecified atom stereocenters. The Morgan fingerprint density at radius 3 is 2.10 bits per heavy atom. The molecular weight excluding hydrogens is 156 g/mol. The van der Waals surface area contributed by atoms with Crippen LogP contribution in [0.1, 0.15) is 0 Å². The third-order valence-corrected chi connectivity index (χ3v) is 1.51. The average Bonchev–Trinajstić information content (AvgIpc) is 1.93. The summed E-state index contributed by atoms with van der Waals surface area (Å²) in [5, 5.41) is 0. The van der Waals surface area contributed by atoms with Gasteiger partial charge in [0, 0.05) is 0 Å². The average molecular weight is 158 g/mol. The van der Waals surface area contributed by atoms with Gasteiger partial charge in [-0.2, -0.15) is 0 Å². The fourth-order valence-electron chi connectivity index (χ4n) is 0.541. The Balaban J connectivity index is 3.34. The fourth-order valence-corrected chi connectivity index (χ4v) is 0.764. The molecule has 0 fully saturated rings. The molecule has 4 heteroatoms. The van der Waals surface area contributed by atoms with E-state index < -0.39 is 17.5 Å². The maximum Gasteiger partial charge on any atom is 0.193 e. The first-order valence-corrected chi connectivity index (χ1v) is 3.09. The number of hydrogen-bond acceptors (Lipinski definition) is 0. The Bertz CT molecular complexity index is 232. The van der Waals surface area contributed by atoms with Crippen molar-refractivity contribution in [1.82, 2.24) is 0 Å². The Labute approximate surface area is 64.1 Å². The number of halogens is 3. The van der Waals surface area contributed by atoms with E-state index in [2.05, 4.69) is 0 Å². The summed E-state index contributed by atoms with van der Waals surface area (Å²) in [5.41, 5.74) is 0. The van der Waals surface area contributed by atoms with E-state index in [0.717, 1.165) is 12.1 Å². The monoisotopic (exact) mass is 158 g/mol. The maximum absolute atomic E-state index is 12.4. The van der Waals surface area contributed by atoms with Crippen LogP contribution in [0.5, 0.6) is 0 Å². The van der Waals surface area contributed by atoms with E-state index >= 15 is 0 Å². The molecule has 2 radical (unpaired) electrons. The van der Waals surface area contributed by atoms with E-state index in [1.807, 2.05) is 16.3 Å². The van der Waals surface area contributed by atoms with Gasteiger partial charge in [-0.25, -0.2) is 13.2 Å². The quantitative estimate of drug-likeness (QED) is 0.388. The first-order valence-electron chi connectivity index (χ1n) is 2.52. The van der Waals surface area contributed by atoms with Gasteiger partial charge in [-0.1, -0.05) is 6.07 Å². The van der Waals surface area contributed by atoms with Crippen LogP contribution in [0.25, 0.3) is 0 Å². The van der Waals surface area contributed by atoms with Crippen molar-refractivity contribution < 1.29 is 13.2 Å². The van der Waals surface area contributed by atoms with Crippen molar-refractivity contribution in [1.29, 1.82) is 0 Å². The molecule has 10 heavy (non-hydrogen) atoms. The van der Waals surface area contributed by atoms with Gasteiger partial charge in [0.05, 0.1) is 0 Å². The second-order valence-electron chi connectivity index (χ2n) is 1.76. The van der Waals surface area contributed by atoms with E-state index in [0.29, 0.717) is 0 Å². The zero-order chi connectivity index (χ0) is 7.72. The lowest BCUT2D eigenvalue weighted by Gasteiger charge is -1.97. The summed E-state index contributed by atoms with van der Waals surface area (Å²) in [5.74, 6) is -3.73. The first kappa shape index (κ1) is 7.65. The van der Waals surface area contributed by atoms with Crippen LogP contribution in [0, 0.1) is 17.5 Å². The molecule has 0 aliphatic rings. The van der Waals surface area contributed by atoms with E-state index in [9.17, 15) is 13.2 Å². The minimum absolute atomic E-state index is 0.0268. The van der Waals surface area contributed by atoms with Crippen LogP contribution in [0.4, 0.5) is 13.2 Å². The molecule has 0 N–H and O–H groups in total. The molecule has 50 valence electrons. The van der Waals surface area contributed by atoms with E-state index in [-0.39, 0.29) is 4.43 Å². The Morgan fingerprint density at radius 1 is 1.00 bits per heavy atom. The van der Waals surface area contributed by atoms with Crippen molar-refractivity contribution in [3.8, 4) is 0 Å². The van der Waals surface area contributed by atoms with Gasteiger partial charge < -0.3 is 0 Å². The second-order valence-corrected chi connectivity index (χ2v) is 2.39. The largest absolute Gasteiger partial charge is 0.205 e. The highest BCUT2D eigenvalue weighted by Gasteiger charge is 2.08. The molecule has 0 nitrogen and oxygen atoms in total. The molecule has 1 aromatic rings. The van der Waals surface area contributed by atoms with Gasteiger partial charge in [0.15, 0.2) is 27.9 Å². The third kappa shape index (κ3) is 1.18. The van der Waals surface area contributed by atoms with Crippen molar-refractivity contribution >= 4 is 20.7 Å². The van der Waals surface area contributed by atoms with Crippen LogP contribution in [-0.2, 0) is 0 Å². The van der Waals surface area contributed by atoms with Crippen LogP contribution < -0.4 is 4.43 Å². The number of hydrogen-bond donors (Lipinski definition) is 0. The highest BCUT2D eigenvalue weighted by molar-refractivity contribution is 6.32. The molecule has 0 aromatic heterocycles. The standard InChI is InChI=1S/C6H2F3.Al/c7-4-2-1-3-5(8)6(4)9;/h1-2H;. The van der Waals surface area contributed by atoms with Gasteiger partial charge >= 0.3 is 0 Å². The van der Waals surface area contributed by atoms with Crippen LogP contribution >= 0.6 is 0 Å². The topological polar surface area (TPSA) is 0 Å². The van der Waals surface area contributed by atoms with E-state index in [1.165, 1.54) is 0 Å². The first-order chi connectivity index (χ1) is 4.63. The van der Waals surface area contributed by atoms with Crippen molar-refractivity contribution in [2.45, 2.75) is 0 Å². The predicted molar refractivity (Wildman–Crippen MR) is 31.7 cm³/mol.